The van der Waals surface area contributed by atoms with Crippen LogP contribution in [0.5, 0.6) is 0 Å². The molecule has 0 spiro atoms. The molecule has 0 N–H and O–H groups in total. The Bertz CT molecular complexity index is 386. The summed E-state index contributed by atoms with van der Waals surface area (Å²) in [6.45, 7) is 4.72. The lowest BCUT2D eigenvalue weighted by Crippen LogP contribution is -2.28. The van der Waals surface area contributed by atoms with E-state index >= 15 is 0 Å². The van der Waals surface area contributed by atoms with Crippen LogP contribution in [0.2, 0.25) is 0 Å². The van der Waals surface area contributed by atoms with E-state index in [1.54, 1.807) is 6.92 Å². The van der Waals surface area contributed by atoms with Crippen LogP contribution in [0.4, 0.5) is 4.39 Å². The monoisotopic (exact) mass is 286 g/mol. The van der Waals surface area contributed by atoms with E-state index in [1.165, 1.54) is 6.07 Å². The number of aryl methyl sites for hydroxylation is 1. The van der Waals surface area contributed by atoms with Crippen molar-refractivity contribution in [2.75, 3.05) is 6.61 Å². The highest BCUT2D eigenvalue weighted by molar-refractivity contribution is 9.09. The molecule has 1 aromatic carbocycles. The largest absolute Gasteiger partial charge is 0.374 e. The Morgan fingerprint density at radius 1 is 1.50 bits per heavy atom. The molecule has 0 aliphatic carbocycles. The fourth-order valence-electron chi connectivity index (χ4n) is 2.18. The van der Waals surface area contributed by atoms with E-state index < -0.39 is 0 Å². The number of halogens is 2. The number of rotatable bonds is 2. The molecule has 0 amide bonds. The first-order valence-corrected chi connectivity index (χ1v) is 6.48. The quantitative estimate of drug-likeness (QED) is 0.743. The standard InChI is InChI=1S/C13H16BrFO/c1-9-8-10(4-5-11(9)15)12(14)13(2)6-3-7-16-13/h4-5,8,12H,3,6-7H2,1-2H3. The van der Waals surface area contributed by atoms with Gasteiger partial charge in [-0.15, -0.1) is 0 Å². The summed E-state index contributed by atoms with van der Waals surface area (Å²) in [4.78, 5) is 0.127. The molecule has 1 heterocycles. The number of hydrogen-bond donors (Lipinski definition) is 0. The van der Waals surface area contributed by atoms with Crippen LogP contribution in [0.3, 0.4) is 0 Å². The van der Waals surface area contributed by atoms with Crippen molar-refractivity contribution >= 4 is 15.9 Å². The van der Waals surface area contributed by atoms with Crippen LogP contribution in [0.25, 0.3) is 0 Å². The minimum absolute atomic E-state index is 0.127. The molecule has 3 heteroatoms. The second kappa shape index (κ2) is 4.46. The van der Waals surface area contributed by atoms with Crippen molar-refractivity contribution in [1.29, 1.82) is 0 Å². The van der Waals surface area contributed by atoms with Gasteiger partial charge < -0.3 is 4.74 Å². The lowest BCUT2D eigenvalue weighted by Gasteiger charge is -2.29. The number of alkyl halides is 1. The molecule has 0 bridgehead atoms. The minimum Gasteiger partial charge on any atom is -0.374 e. The first-order valence-electron chi connectivity index (χ1n) is 5.57. The van der Waals surface area contributed by atoms with Crippen LogP contribution >= 0.6 is 15.9 Å². The van der Waals surface area contributed by atoms with E-state index in [2.05, 4.69) is 22.9 Å². The topological polar surface area (TPSA) is 9.23 Å². The Labute approximate surface area is 104 Å². The highest BCUT2D eigenvalue weighted by Crippen LogP contribution is 2.43. The fourth-order valence-corrected chi connectivity index (χ4v) is 2.82. The highest BCUT2D eigenvalue weighted by Gasteiger charge is 2.37. The second-order valence-corrected chi connectivity index (χ2v) is 5.55. The molecule has 1 fully saturated rings. The summed E-state index contributed by atoms with van der Waals surface area (Å²) >= 11 is 3.68. The van der Waals surface area contributed by atoms with Crippen molar-refractivity contribution in [1.82, 2.24) is 0 Å². The van der Waals surface area contributed by atoms with Gasteiger partial charge in [0.25, 0.3) is 0 Å². The normalized spacial score (nSPS) is 27.0. The van der Waals surface area contributed by atoms with E-state index in [9.17, 15) is 4.39 Å². The van der Waals surface area contributed by atoms with Gasteiger partial charge in [0.05, 0.1) is 10.4 Å². The molecule has 0 saturated carbocycles. The van der Waals surface area contributed by atoms with E-state index in [0.29, 0.717) is 5.56 Å². The molecular formula is C13H16BrFO. The maximum absolute atomic E-state index is 13.2. The highest BCUT2D eigenvalue weighted by atomic mass is 79.9. The van der Waals surface area contributed by atoms with Gasteiger partial charge in [0.1, 0.15) is 5.82 Å². The Balaban J connectivity index is 2.26. The van der Waals surface area contributed by atoms with Gasteiger partial charge in [0, 0.05) is 6.61 Å². The van der Waals surface area contributed by atoms with Crippen LogP contribution < -0.4 is 0 Å². The summed E-state index contributed by atoms with van der Waals surface area (Å²) in [5.74, 6) is -0.152. The molecular weight excluding hydrogens is 271 g/mol. The average Bonchev–Trinajstić information content (AvgIpc) is 2.70. The number of benzene rings is 1. The lowest BCUT2D eigenvalue weighted by atomic mass is 9.93. The van der Waals surface area contributed by atoms with Crippen LogP contribution in [0, 0.1) is 12.7 Å². The van der Waals surface area contributed by atoms with E-state index in [4.69, 9.17) is 4.74 Å². The van der Waals surface area contributed by atoms with Gasteiger partial charge in [-0.05, 0) is 43.9 Å². The molecule has 1 aliphatic heterocycles. The molecule has 1 aliphatic rings. The Morgan fingerprint density at radius 2 is 2.25 bits per heavy atom. The summed E-state index contributed by atoms with van der Waals surface area (Å²) in [6, 6.07) is 5.24. The van der Waals surface area contributed by atoms with Crippen LogP contribution in [-0.2, 0) is 4.74 Å². The minimum atomic E-state index is -0.162. The predicted molar refractivity (Wildman–Crippen MR) is 66.4 cm³/mol. The molecule has 2 unspecified atom stereocenters. The maximum atomic E-state index is 13.2. The summed E-state index contributed by atoms with van der Waals surface area (Å²) < 4.78 is 19.0. The molecule has 2 rings (SSSR count). The fraction of sp³-hybridized carbons (Fsp3) is 0.538. The van der Waals surface area contributed by atoms with Gasteiger partial charge in [0.15, 0.2) is 0 Å². The first-order chi connectivity index (χ1) is 7.53. The first kappa shape index (κ1) is 12.1. The smallest absolute Gasteiger partial charge is 0.126 e. The van der Waals surface area contributed by atoms with Gasteiger partial charge in [0.2, 0.25) is 0 Å². The maximum Gasteiger partial charge on any atom is 0.126 e. The molecule has 0 aromatic heterocycles. The van der Waals surface area contributed by atoms with Crippen molar-refractivity contribution in [3.63, 3.8) is 0 Å². The summed E-state index contributed by atoms with van der Waals surface area (Å²) in [7, 11) is 0. The zero-order chi connectivity index (χ0) is 11.8. The summed E-state index contributed by atoms with van der Waals surface area (Å²) in [6.07, 6.45) is 2.14. The molecule has 2 atom stereocenters. The Hall–Kier alpha value is -0.410. The van der Waals surface area contributed by atoms with Crippen molar-refractivity contribution in [2.24, 2.45) is 0 Å². The number of hydrogen-bond acceptors (Lipinski definition) is 1. The molecule has 88 valence electrons. The third-order valence-electron chi connectivity index (χ3n) is 3.26. The van der Waals surface area contributed by atoms with Crippen molar-refractivity contribution in [3.8, 4) is 0 Å². The number of ether oxygens (including phenoxy) is 1. The molecule has 16 heavy (non-hydrogen) atoms. The Kier molecular flexibility index (Phi) is 3.36. The van der Waals surface area contributed by atoms with E-state index in [1.807, 2.05) is 12.1 Å². The summed E-state index contributed by atoms with van der Waals surface area (Å²) in [5.41, 5.74) is 1.61. The zero-order valence-corrected chi connectivity index (χ0v) is 11.2. The molecule has 1 saturated heterocycles. The molecule has 1 aromatic rings. The molecule has 1 nitrogen and oxygen atoms in total. The summed E-state index contributed by atoms with van der Waals surface area (Å²) in [5, 5.41) is 0. The third-order valence-corrected chi connectivity index (χ3v) is 4.76. The van der Waals surface area contributed by atoms with Gasteiger partial charge >= 0.3 is 0 Å². The second-order valence-electron chi connectivity index (χ2n) is 4.64. The van der Waals surface area contributed by atoms with Crippen molar-refractivity contribution in [3.05, 3.63) is 35.1 Å². The average molecular weight is 287 g/mol. The third kappa shape index (κ3) is 2.16. The van der Waals surface area contributed by atoms with Crippen LogP contribution in [0.1, 0.15) is 35.7 Å². The van der Waals surface area contributed by atoms with E-state index in [-0.39, 0.29) is 16.2 Å². The predicted octanol–water partition coefficient (Wildman–Crippen LogP) is 4.14. The lowest BCUT2D eigenvalue weighted by molar-refractivity contribution is 0.0197. The van der Waals surface area contributed by atoms with Gasteiger partial charge in [-0.2, -0.15) is 0 Å². The SMILES string of the molecule is Cc1cc(C(Br)C2(C)CCCO2)ccc1F. The van der Waals surface area contributed by atoms with E-state index in [0.717, 1.165) is 25.0 Å². The van der Waals surface area contributed by atoms with Crippen LogP contribution in [0.15, 0.2) is 18.2 Å². The van der Waals surface area contributed by atoms with Crippen molar-refractivity contribution < 1.29 is 9.13 Å². The molecule has 0 radical (unpaired) electrons. The van der Waals surface area contributed by atoms with Gasteiger partial charge in [-0.25, -0.2) is 4.39 Å². The van der Waals surface area contributed by atoms with Crippen molar-refractivity contribution in [2.45, 2.75) is 37.1 Å². The zero-order valence-electron chi connectivity index (χ0n) is 9.59. The van der Waals surface area contributed by atoms with Crippen LogP contribution in [-0.4, -0.2) is 12.2 Å². The van der Waals surface area contributed by atoms with Gasteiger partial charge in [-0.3, -0.25) is 0 Å². The van der Waals surface area contributed by atoms with Gasteiger partial charge in [-0.1, -0.05) is 28.1 Å². The Morgan fingerprint density at radius 3 is 2.81 bits per heavy atom.